The molecule has 16 heavy (non-hydrogen) atoms. The van der Waals surface area contributed by atoms with E-state index in [1.807, 2.05) is 0 Å². The van der Waals surface area contributed by atoms with Crippen molar-refractivity contribution in [2.24, 2.45) is 5.73 Å². The molecule has 3 amide bonds. The van der Waals surface area contributed by atoms with E-state index in [0.29, 0.717) is 19.4 Å². The number of nitrogens with one attached hydrogen (secondary N) is 1. The van der Waals surface area contributed by atoms with Gasteiger partial charge in [0.2, 0.25) is 6.41 Å². The number of aliphatic hydroxyl groups excluding tert-OH is 1. The van der Waals surface area contributed by atoms with Crippen LogP contribution in [0.3, 0.4) is 0 Å². The third-order valence-corrected chi connectivity index (χ3v) is 1.74. The van der Waals surface area contributed by atoms with E-state index in [0.717, 1.165) is 4.90 Å². The average molecular weight is 231 g/mol. The van der Waals surface area contributed by atoms with Crippen LogP contribution in [0.4, 0.5) is 0 Å². The van der Waals surface area contributed by atoms with E-state index in [9.17, 15) is 14.4 Å². The number of imide groups is 1. The van der Waals surface area contributed by atoms with Gasteiger partial charge in [-0.3, -0.25) is 19.3 Å². The molecule has 0 aromatic carbocycles. The molecule has 1 unspecified atom stereocenters. The molecule has 4 N–H and O–H groups in total. The molecule has 0 aliphatic rings. The van der Waals surface area contributed by atoms with Gasteiger partial charge < -0.3 is 16.2 Å². The highest BCUT2D eigenvalue weighted by atomic mass is 16.3. The molecular formula is C9H17N3O4. The Kier molecular flexibility index (Phi) is 7.06. The van der Waals surface area contributed by atoms with E-state index in [1.165, 1.54) is 6.92 Å². The maximum atomic E-state index is 11.4. The van der Waals surface area contributed by atoms with Crippen molar-refractivity contribution in [2.45, 2.75) is 19.4 Å². The van der Waals surface area contributed by atoms with Crippen LogP contribution in [0.25, 0.3) is 0 Å². The number of hydrogen-bond acceptors (Lipinski definition) is 5. The Balaban J connectivity index is 4.16. The summed E-state index contributed by atoms with van der Waals surface area (Å²) in [5, 5.41) is 11.1. The highest BCUT2D eigenvalue weighted by Crippen LogP contribution is 1.89. The molecule has 0 aromatic heterocycles. The fourth-order valence-electron chi connectivity index (χ4n) is 0.910. The Morgan fingerprint density at radius 1 is 1.56 bits per heavy atom. The Labute approximate surface area is 93.6 Å². The lowest BCUT2D eigenvalue weighted by Gasteiger charge is -2.14. The first-order valence-electron chi connectivity index (χ1n) is 4.95. The van der Waals surface area contributed by atoms with Gasteiger partial charge in [0.1, 0.15) is 0 Å². The molecule has 0 radical (unpaired) electrons. The summed E-state index contributed by atoms with van der Waals surface area (Å²) in [5.74, 6) is -1.85. The maximum Gasteiger partial charge on any atom is 0.318 e. The van der Waals surface area contributed by atoms with E-state index in [4.69, 9.17) is 10.8 Å². The van der Waals surface area contributed by atoms with E-state index in [1.54, 1.807) is 0 Å². The first kappa shape index (κ1) is 14.5. The summed E-state index contributed by atoms with van der Waals surface area (Å²) >= 11 is 0. The Hall–Kier alpha value is -1.47. The van der Waals surface area contributed by atoms with Crippen molar-refractivity contribution in [2.75, 3.05) is 19.6 Å². The van der Waals surface area contributed by atoms with Crippen LogP contribution < -0.4 is 11.1 Å². The van der Waals surface area contributed by atoms with E-state index < -0.39 is 17.9 Å². The Morgan fingerprint density at radius 3 is 2.62 bits per heavy atom. The summed E-state index contributed by atoms with van der Waals surface area (Å²) in [5.41, 5.74) is 5.22. The van der Waals surface area contributed by atoms with Crippen molar-refractivity contribution in [3.05, 3.63) is 0 Å². The first-order chi connectivity index (χ1) is 7.52. The van der Waals surface area contributed by atoms with Crippen molar-refractivity contribution >= 4 is 18.2 Å². The van der Waals surface area contributed by atoms with Gasteiger partial charge in [-0.25, -0.2) is 0 Å². The normalized spacial score (nSPS) is 11.7. The van der Waals surface area contributed by atoms with E-state index in [2.05, 4.69) is 5.32 Å². The molecule has 7 heteroatoms. The molecule has 0 spiro atoms. The van der Waals surface area contributed by atoms with Crippen LogP contribution >= 0.6 is 0 Å². The lowest BCUT2D eigenvalue weighted by molar-refractivity contribution is -0.148. The van der Waals surface area contributed by atoms with Crippen LogP contribution in [0.1, 0.15) is 13.3 Å². The third kappa shape index (κ3) is 5.42. The number of aliphatic hydroxyl groups is 1. The van der Waals surface area contributed by atoms with Crippen molar-refractivity contribution in [3.8, 4) is 0 Å². The van der Waals surface area contributed by atoms with Crippen molar-refractivity contribution in [3.63, 3.8) is 0 Å². The van der Waals surface area contributed by atoms with Gasteiger partial charge in [-0.1, -0.05) is 0 Å². The molecule has 0 bridgehead atoms. The number of nitrogens with zero attached hydrogens (tertiary/aromatic N) is 1. The van der Waals surface area contributed by atoms with Gasteiger partial charge >= 0.3 is 11.8 Å². The molecule has 92 valence electrons. The van der Waals surface area contributed by atoms with Gasteiger partial charge in [-0.15, -0.1) is 0 Å². The number of amides is 3. The van der Waals surface area contributed by atoms with Crippen LogP contribution in [0.5, 0.6) is 0 Å². The number of carbonyl (C=O) groups is 3. The zero-order valence-electron chi connectivity index (χ0n) is 9.18. The van der Waals surface area contributed by atoms with Gasteiger partial charge in [-0.05, 0) is 19.9 Å². The van der Waals surface area contributed by atoms with Gasteiger partial charge in [-0.2, -0.15) is 0 Å². The average Bonchev–Trinajstić information content (AvgIpc) is 2.26. The predicted molar refractivity (Wildman–Crippen MR) is 56.1 cm³/mol. The zero-order chi connectivity index (χ0) is 12.6. The Bertz CT molecular complexity index is 255. The minimum absolute atomic E-state index is 0.0336. The monoisotopic (exact) mass is 231 g/mol. The minimum atomic E-state index is -0.941. The van der Waals surface area contributed by atoms with Gasteiger partial charge in [0, 0.05) is 13.1 Å². The Morgan fingerprint density at radius 2 is 2.19 bits per heavy atom. The minimum Gasteiger partial charge on any atom is -0.392 e. The molecule has 0 rings (SSSR count). The molecular weight excluding hydrogens is 214 g/mol. The lowest BCUT2D eigenvalue weighted by atomic mass is 10.3. The quantitative estimate of drug-likeness (QED) is 0.355. The van der Waals surface area contributed by atoms with E-state index in [-0.39, 0.29) is 13.1 Å². The van der Waals surface area contributed by atoms with Gasteiger partial charge in [0.25, 0.3) is 0 Å². The van der Waals surface area contributed by atoms with E-state index >= 15 is 0 Å². The van der Waals surface area contributed by atoms with Crippen LogP contribution in [0.2, 0.25) is 0 Å². The number of carbonyl (C=O) groups excluding carboxylic acids is 3. The van der Waals surface area contributed by atoms with Crippen LogP contribution in [0, 0.1) is 0 Å². The van der Waals surface area contributed by atoms with Gasteiger partial charge in [0.15, 0.2) is 0 Å². The summed E-state index contributed by atoms with van der Waals surface area (Å²) in [6.07, 6.45) is -0.0147. The molecule has 0 fully saturated rings. The number of rotatable bonds is 6. The molecule has 0 aliphatic carbocycles. The second-order valence-corrected chi connectivity index (χ2v) is 3.31. The highest BCUT2D eigenvalue weighted by Gasteiger charge is 2.20. The standard InChI is InChI=1S/C9H17N3O4/c1-7(14)5-11-8(15)9(16)12(6-13)4-2-3-10/h6-7,14H,2-5,10H2,1H3,(H,11,15). The highest BCUT2D eigenvalue weighted by molar-refractivity contribution is 6.36. The topological polar surface area (TPSA) is 113 Å². The lowest BCUT2D eigenvalue weighted by Crippen LogP contribution is -2.44. The molecule has 0 saturated carbocycles. The molecule has 7 nitrogen and oxygen atoms in total. The van der Waals surface area contributed by atoms with Crippen molar-refractivity contribution in [1.29, 1.82) is 0 Å². The number of hydrogen-bond donors (Lipinski definition) is 3. The molecule has 0 aliphatic heterocycles. The fourth-order valence-corrected chi connectivity index (χ4v) is 0.910. The molecule has 0 aromatic rings. The number of nitrogens with two attached hydrogens (primary N) is 1. The van der Waals surface area contributed by atoms with Crippen LogP contribution in [-0.4, -0.2) is 54.0 Å². The van der Waals surface area contributed by atoms with Gasteiger partial charge in [0.05, 0.1) is 6.10 Å². The zero-order valence-corrected chi connectivity index (χ0v) is 9.18. The fraction of sp³-hybridized carbons (Fsp3) is 0.667. The second kappa shape index (κ2) is 7.77. The molecule has 0 heterocycles. The van der Waals surface area contributed by atoms with Crippen molar-refractivity contribution in [1.82, 2.24) is 10.2 Å². The summed E-state index contributed by atoms with van der Waals surface area (Å²) in [7, 11) is 0. The first-order valence-corrected chi connectivity index (χ1v) is 4.95. The van der Waals surface area contributed by atoms with Crippen molar-refractivity contribution < 1.29 is 19.5 Å². The summed E-state index contributed by atoms with van der Waals surface area (Å²) < 4.78 is 0. The van der Waals surface area contributed by atoms with Crippen LogP contribution in [-0.2, 0) is 14.4 Å². The molecule has 0 saturated heterocycles. The summed E-state index contributed by atoms with van der Waals surface area (Å²) in [4.78, 5) is 33.8. The third-order valence-electron chi connectivity index (χ3n) is 1.74. The summed E-state index contributed by atoms with van der Waals surface area (Å²) in [6, 6.07) is 0. The largest absolute Gasteiger partial charge is 0.392 e. The van der Waals surface area contributed by atoms with Crippen LogP contribution in [0.15, 0.2) is 0 Å². The second-order valence-electron chi connectivity index (χ2n) is 3.31. The summed E-state index contributed by atoms with van der Waals surface area (Å²) in [6.45, 7) is 1.87. The SMILES string of the molecule is CC(O)CNC(=O)C(=O)N(C=O)CCCN. The predicted octanol–water partition coefficient (Wildman–Crippen LogP) is -2.18. The smallest absolute Gasteiger partial charge is 0.318 e. The molecule has 1 atom stereocenters. The maximum absolute atomic E-state index is 11.4.